The lowest BCUT2D eigenvalue weighted by molar-refractivity contribution is -0.121. The van der Waals surface area contributed by atoms with Crippen molar-refractivity contribution >= 4 is 23.0 Å². The molecule has 0 radical (unpaired) electrons. The topological polar surface area (TPSA) is 49.4 Å². The van der Waals surface area contributed by atoms with Crippen molar-refractivity contribution in [3.63, 3.8) is 0 Å². The number of thiophene rings is 1. The largest absolute Gasteiger partial charge is 0.355 e. The van der Waals surface area contributed by atoms with Gasteiger partial charge in [-0.05, 0) is 25.5 Å². The maximum absolute atomic E-state index is 12.0. The minimum atomic E-state index is 0.0117. The number of amides is 1. The van der Waals surface area contributed by atoms with Crippen LogP contribution in [0, 0.1) is 6.92 Å². The number of aryl methyl sites for hydroxylation is 1. The van der Waals surface area contributed by atoms with E-state index in [0.29, 0.717) is 19.6 Å². The monoisotopic (exact) mass is 252 g/mol. The van der Waals surface area contributed by atoms with Gasteiger partial charge in [0.05, 0.1) is 18.0 Å². The van der Waals surface area contributed by atoms with Crippen molar-refractivity contribution in [2.75, 3.05) is 26.2 Å². The fourth-order valence-electron chi connectivity index (χ4n) is 1.87. The maximum atomic E-state index is 12.0. The van der Waals surface area contributed by atoms with Crippen molar-refractivity contribution in [1.82, 2.24) is 10.2 Å². The van der Waals surface area contributed by atoms with Crippen LogP contribution in [-0.4, -0.2) is 42.8 Å². The molecular weight excluding hydrogens is 236 g/mol. The van der Waals surface area contributed by atoms with Gasteiger partial charge in [-0.3, -0.25) is 14.5 Å². The molecule has 1 saturated heterocycles. The standard InChI is InChI=1S/C12H16N2O2S/c1-9-3-4-11(17-9)10(15)7-14-6-2-5-13-12(16)8-14/h3-4H,2,5-8H2,1H3,(H,13,16). The molecule has 0 unspecified atom stereocenters. The zero-order valence-corrected chi connectivity index (χ0v) is 10.7. The third kappa shape index (κ3) is 3.38. The van der Waals surface area contributed by atoms with Crippen LogP contribution in [0.25, 0.3) is 0 Å². The van der Waals surface area contributed by atoms with Gasteiger partial charge in [0.15, 0.2) is 5.78 Å². The van der Waals surface area contributed by atoms with Crippen LogP contribution < -0.4 is 5.32 Å². The molecule has 1 aromatic rings. The van der Waals surface area contributed by atoms with Gasteiger partial charge in [-0.25, -0.2) is 0 Å². The van der Waals surface area contributed by atoms with E-state index in [1.54, 1.807) is 0 Å². The Morgan fingerprint density at radius 1 is 1.53 bits per heavy atom. The summed E-state index contributed by atoms with van der Waals surface area (Å²) in [6.07, 6.45) is 0.905. The van der Waals surface area contributed by atoms with Gasteiger partial charge >= 0.3 is 0 Å². The molecule has 92 valence electrons. The van der Waals surface area contributed by atoms with E-state index in [1.165, 1.54) is 11.3 Å². The maximum Gasteiger partial charge on any atom is 0.234 e. The number of nitrogens with zero attached hydrogens (tertiary/aromatic N) is 1. The van der Waals surface area contributed by atoms with Gasteiger partial charge in [0.25, 0.3) is 0 Å². The highest BCUT2D eigenvalue weighted by atomic mass is 32.1. The normalized spacial score (nSPS) is 17.6. The van der Waals surface area contributed by atoms with Crippen LogP contribution in [0.4, 0.5) is 0 Å². The van der Waals surface area contributed by atoms with Gasteiger partial charge in [0.2, 0.25) is 5.91 Å². The number of Topliss-reactive ketones (excluding diaryl/α,β-unsaturated/α-hetero) is 1. The summed E-state index contributed by atoms with van der Waals surface area (Å²) in [5.41, 5.74) is 0. The summed E-state index contributed by atoms with van der Waals surface area (Å²) < 4.78 is 0. The van der Waals surface area contributed by atoms with Gasteiger partial charge in [-0.1, -0.05) is 0 Å². The summed E-state index contributed by atoms with van der Waals surface area (Å²) in [6.45, 7) is 4.17. The molecule has 1 aliphatic heterocycles. The second kappa shape index (κ2) is 5.42. The average molecular weight is 252 g/mol. The average Bonchev–Trinajstić information content (AvgIpc) is 2.61. The van der Waals surface area contributed by atoms with E-state index < -0.39 is 0 Å². The lowest BCUT2D eigenvalue weighted by Gasteiger charge is -2.16. The van der Waals surface area contributed by atoms with Crippen molar-refractivity contribution in [3.05, 3.63) is 21.9 Å². The Balaban J connectivity index is 1.95. The Morgan fingerprint density at radius 3 is 3.06 bits per heavy atom. The van der Waals surface area contributed by atoms with Crippen molar-refractivity contribution in [3.8, 4) is 0 Å². The molecule has 5 heteroatoms. The molecular formula is C12H16N2O2S. The molecule has 0 spiro atoms. The summed E-state index contributed by atoms with van der Waals surface area (Å²) in [5, 5.41) is 2.80. The molecule has 2 heterocycles. The van der Waals surface area contributed by atoms with Crippen LogP contribution in [0.3, 0.4) is 0 Å². The first-order valence-electron chi connectivity index (χ1n) is 5.74. The van der Waals surface area contributed by atoms with Crippen molar-refractivity contribution in [1.29, 1.82) is 0 Å². The summed E-state index contributed by atoms with van der Waals surface area (Å²) in [6, 6.07) is 3.81. The lowest BCUT2D eigenvalue weighted by Crippen LogP contribution is -2.36. The number of hydrogen-bond acceptors (Lipinski definition) is 4. The third-order valence-corrected chi connectivity index (χ3v) is 3.76. The van der Waals surface area contributed by atoms with Gasteiger partial charge in [-0.15, -0.1) is 11.3 Å². The fourth-order valence-corrected chi connectivity index (χ4v) is 2.67. The van der Waals surface area contributed by atoms with E-state index in [0.717, 1.165) is 22.7 Å². The highest BCUT2D eigenvalue weighted by molar-refractivity contribution is 7.14. The van der Waals surface area contributed by atoms with E-state index in [9.17, 15) is 9.59 Å². The van der Waals surface area contributed by atoms with Crippen LogP contribution in [0.2, 0.25) is 0 Å². The molecule has 4 nitrogen and oxygen atoms in total. The van der Waals surface area contributed by atoms with Crippen molar-refractivity contribution < 1.29 is 9.59 Å². The third-order valence-electron chi connectivity index (χ3n) is 2.72. The summed E-state index contributed by atoms with van der Waals surface area (Å²) in [4.78, 5) is 27.2. The smallest absolute Gasteiger partial charge is 0.234 e. The Hall–Kier alpha value is -1.20. The molecule has 0 saturated carbocycles. The van der Waals surface area contributed by atoms with E-state index in [4.69, 9.17) is 0 Å². The van der Waals surface area contributed by atoms with Crippen LogP contribution in [-0.2, 0) is 4.79 Å². The highest BCUT2D eigenvalue weighted by Crippen LogP contribution is 2.16. The highest BCUT2D eigenvalue weighted by Gasteiger charge is 2.18. The quantitative estimate of drug-likeness (QED) is 0.818. The van der Waals surface area contributed by atoms with E-state index in [2.05, 4.69) is 5.32 Å². The number of nitrogens with one attached hydrogen (secondary N) is 1. The zero-order chi connectivity index (χ0) is 12.3. The molecule has 0 atom stereocenters. The fraction of sp³-hybridized carbons (Fsp3) is 0.500. The minimum absolute atomic E-state index is 0.0117. The number of carbonyl (C=O) groups is 2. The number of carbonyl (C=O) groups excluding carboxylic acids is 2. The van der Waals surface area contributed by atoms with Gasteiger partial charge < -0.3 is 5.32 Å². The van der Waals surface area contributed by atoms with Gasteiger partial charge in [0.1, 0.15) is 0 Å². The van der Waals surface area contributed by atoms with Crippen LogP contribution in [0.5, 0.6) is 0 Å². The number of ketones is 1. The van der Waals surface area contributed by atoms with Crippen LogP contribution in [0.1, 0.15) is 21.0 Å². The summed E-state index contributed by atoms with van der Waals surface area (Å²) in [5.74, 6) is 0.121. The first-order valence-corrected chi connectivity index (χ1v) is 6.55. The molecule has 1 N–H and O–H groups in total. The van der Waals surface area contributed by atoms with Crippen molar-refractivity contribution in [2.24, 2.45) is 0 Å². The van der Waals surface area contributed by atoms with Gasteiger partial charge in [-0.2, -0.15) is 0 Å². The first-order chi connectivity index (χ1) is 8.15. The molecule has 0 bridgehead atoms. The second-order valence-electron chi connectivity index (χ2n) is 4.25. The lowest BCUT2D eigenvalue weighted by atomic mass is 10.3. The Labute approximate surface area is 105 Å². The molecule has 0 aliphatic carbocycles. The first kappa shape index (κ1) is 12.3. The molecule has 1 aliphatic rings. The van der Waals surface area contributed by atoms with E-state index >= 15 is 0 Å². The minimum Gasteiger partial charge on any atom is -0.355 e. The summed E-state index contributed by atoms with van der Waals surface area (Å²) in [7, 11) is 0. The number of hydrogen-bond donors (Lipinski definition) is 1. The molecule has 0 aromatic carbocycles. The second-order valence-corrected chi connectivity index (χ2v) is 5.54. The van der Waals surface area contributed by atoms with Crippen LogP contribution >= 0.6 is 11.3 Å². The molecule has 1 aromatic heterocycles. The molecule has 1 fully saturated rings. The van der Waals surface area contributed by atoms with Gasteiger partial charge in [0, 0.05) is 18.0 Å². The Kier molecular flexibility index (Phi) is 3.91. The molecule has 1 amide bonds. The number of rotatable bonds is 3. The molecule has 17 heavy (non-hydrogen) atoms. The van der Waals surface area contributed by atoms with Crippen LogP contribution in [0.15, 0.2) is 12.1 Å². The van der Waals surface area contributed by atoms with Crippen molar-refractivity contribution in [2.45, 2.75) is 13.3 Å². The SMILES string of the molecule is Cc1ccc(C(=O)CN2CCCNC(=O)C2)s1. The van der Waals surface area contributed by atoms with E-state index in [-0.39, 0.29) is 11.7 Å². The molecule has 2 rings (SSSR count). The zero-order valence-electron chi connectivity index (χ0n) is 9.86. The predicted octanol–water partition coefficient (Wildman–Crippen LogP) is 1.06. The van der Waals surface area contributed by atoms with E-state index in [1.807, 2.05) is 24.0 Å². The predicted molar refractivity (Wildman–Crippen MR) is 67.5 cm³/mol. The summed E-state index contributed by atoms with van der Waals surface area (Å²) >= 11 is 1.51. The Bertz CT molecular complexity index is 428. The Morgan fingerprint density at radius 2 is 2.35 bits per heavy atom.